The molecule has 10 heavy (non-hydrogen) atoms. The SMILES string of the molecule is CCN(CC=O)CC(C)C. The molecule has 0 aromatic carbocycles. The van der Waals surface area contributed by atoms with Gasteiger partial charge in [-0.05, 0) is 12.5 Å². The third kappa shape index (κ3) is 4.50. The summed E-state index contributed by atoms with van der Waals surface area (Å²) in [6, 6.07) is 0. The molecule has 0 spiro atoms. The van der Waals surface area contributed by atoms with Crippen LogP contribution in [0, 0.1) is 5.92 Å². The molecule has 2 heteroatoms. The quantitative estimate of drug-likeness (QED) is 0.538. The van der Waals surface area contributed by atoms with Crippen molar-refractivity contribution in [2.24, 2.45) is 5.92 Å². The Morgan fingerprint density at radius 1 is 1.50 bits per heavy atom. The third-order valence-corrected chi connectivity index (χ3v) is 1.40. The molecule has 0 aliphatic carbocycles. The molecule has 0 saturated heterocycles. The van der Waals surface area contributed by atoms with Crippen molar-refractivity contribution < 1.29 is 4.79 Å². The van der Waals surface area contributed by atoms with E-state index in [9.17, 15) is 4.79 Å². The van der Waals surface area contributed by atoms with Gasteiger partial charge in [0.25, 0.3) is 0 Å². The van der Waals surface area contributed by atoms with Crippen molar-refractivity contribution in [3.05, 3.63) is 0 Å². The highest BCUT2D eigenvalue weighted by Crippen LogP contribution is 1.95. The lowest BCUT2D eigenvalue weighted by Crippen LogP contribution is -2.29. The van der Waals surface area contributed by atoms with Gasteiger partial charge in [-0.25, -0.2) is 0 Å². The van der Waals surface area contributed by atoms with Crippen LogP contribution in [0.4, 0.5) is 0 Å². The van der Waals surface area contributed by atoms with Gasteiger partial charge in [0.05, 0.1) is 6.54 Å². The van der Waals surface area contributed by atoms with Gasteiger partial charge < -0.3 is 4.79 Å². The lowest BCUT2D eigenvalue weighted by molar-refractivity contribution is -0.108. The first-order valence-corrected chi connectivity index (χ1v) is 3.86. The molecule has 0 N–H and O–H groups in total. The molecule has 0 aliphatic heterocycles. The maximum absolute atomic E-state index is 10.1. The fourth-order valence-electron chi connectivity index (χ4n) is 0.955. The zero-order valence-corrected chi connectivity index (χ0v) is 7.13. The number of likely N-dealkylation sites (N-methyl/N-ethyl adjacent to an activating group) is 1. The summed E-state index contributed by atoms with van der Waals surface area (Å²) in [5, 5.41) is 0. The Morgan fingerprint density at radius 3 is 2.40 bits per heavy atom. The molecule has 0 radical (unpaired) electrons. The molecule has 0 unspecified atom stereocenters. The zero-order chi connectivity index (χ0) is 7.98. The topological polar surface area (TPSA) is 20.3 Å². The minimum Gasteiger partial charge on any atom is -0.302 e. The number of hydrogen-bond acceptors (Lipinski definition) is 2. The van der Waals surface area contributed by atoms with Gasteiger partial charge in [0.2, 0.25) is 0 Å². The Hall–Kier alpha value is -0.370. The van der Waals surface area contributed by atoms with Gasteiger partial charge in [0.1, 0.15) is 6.29 Å². The summed E-state index contributed by atoms with van der Waals surface area (Å²) in [6.07, 6.45) is 0.964. The lowest BCUT2D eigenvalue weighted by atomic mass is 10.2. The largest absolute Gasteiger partial charge is 0.302 e. The number of carbonyl (C=O) groups excluding carboxylic acids is 1. The van der Waals surface area contributed by atoms with E-state index < -0.39 is 0 Å². The minimum absolute atomic E-state index is 0.578. The minimum atomic E-state index is 0.578. The molecule has 0 bridgehead atoms. The van der Waals surface area contributed by atoms with Crippen LogP contribution in [-0.2, 0) is 4.79 Å². The average molecular weight is 143 g/mol. The number of rotatable bonds is 5. The predicted molar refractivity (Wildman–Crippen MR) is 43.0 cm³/mol. The van der Waals surface area contributed by atoms with E-state index in [0.29, 0.717) is 12.5 Å². The van der Waals surface area contributed by atoms with Crippen LogP contribution in [0.2, 0.25) is 0 Å². The van der Waals surface area contributed by atoms with E-state index in [1.807, 2.05) is 0 Å². The summed E-state index contributed by atoms with van der Waals surface area (Å²) in [6.45, 7) is 8.97. The van der Waals surface area contributed by atoms with E-state index in [1.54, 1.807) is 0 Å². The first kappa shape index (κ1) is 9.63. The van der Waals surface area contributed by atoms with Crippen molar-refractivity contribution >= 4 is 6.29 Å². The van der Waals surface area contributed by atoms with Gasteiger partial charge in [-0.15, -0.1) is 0 Å². The molecule has 2 nitrogen and oxygen atoms in total. The maximum Gasteiger partial charge on any atom is 0.133 e. The third-order valence-electron chi connectivity index (χ3n) is 1.40. The van der Waals surface area contributed by atoms with Crippen LogP contribution in [0.25, 0.3) is 0 Å². The average Bonchev–Trinajstić information content (AvgIpc) is 1.86. The van der Waals surface area contributed by atoms with Crippen molar-refractivity contribution in [2.75, 3.05) is 19.6 Å². The van der Waals surface area contributed by atoms with Gasteiger partial charge >= 0.3 is 0 Å². The Balaban J connectivity index is 3.48. The molecular formula is C8H17NO. The molecule has 0 rings (SSSR count). The van der Waals surface area contributed by atoms with Gasteiger partial charge in [-0.3, -0.25) is 4.90 Å². The molecule has 0 heterocycles. The van der Waals surface area contributed by atoms with Crippen molar-refractivity contribution in [3.63, 3.8) is 0 Å². The fraction of sp³-hybridized carbons (Fsp3) is 0.875. The lowest BCUT2D eigenvalue weighted by Gasteiger charge is -2.18. The first-order chi connectivity index (χ1) is 4.70. The van der Waals surface area contributed by atoms with E-state index in [0.717, 1.165) is 19.4 Å². The van der Waals surface area contributed by atoms with E-state index in [-0.39, 0.29) is 0 Å². The monoisotopic (exact) mass is 143 g/mol. The highest BCUT2D eigenvalue weighted by molar-refractivity contribution is 5.51. The molecule has 0 aromatic heterocycles. The smallest absolute Gasteiger partial charge is 0.133 e. The Bertz CT molecular complexity index is 91.3. The van der Waals surface area contributed by atoms with Crippen LogP contribution in [0.15, 0.2) is 0 Å². The highest BCUT2D eigenvalue weighted by atomic mass is 16.1. The number of aldehydes is 1. The number of carbonyl (C=O) groups is 1. The second-order valence-electron chi connectivity index (χ2n) is 2.91. The first-order valence-electron chi connectivity index (χ1n) is 3.86. The van der Waals surface area contributed by atoms with E-state index in [2.05, 4.69) is 25.7 Å². The van der Waals surface area contributed by atoms with Crippen LogP contribution in [-0.4, -0.2) is 30.8 Å². The maximum atomic E-state index is 10.1. The Labute approximate surface area is 63.2 Å². The van der Waals surface area contributed by atoms with Crippen LogP contribution in [0.1, 0.15) is 20.8 Å². The molecule has 0 amide bonds. The highest BCUT2D eigenvalue weighted by Gasteiger charge is 2.02. The molecule has 0 atom stereocenters. The summed E-state index contributed by atoms with van der Waals surface area (Å²) in [7, 11) is 0. The number of hydrogen-bond donors (Lipinski definition) is 0. The predicted octanol–water partition coefficient (Wildman–Crippen LogP) is 1.16. The normalized spacial score (nSPS) is 10.9. The van der Waals surface area contributed by atoms with Gasteiger partial charge in [-0.1, -0.05) is 20.8 Å². The molecule has 0 aliphatic rings. The number of nitrogens with zero attached hydrogens (tertiary/aromatic N) is 1. The van der Waals surface area contributed by atoms with Crippen molar-refractivity contribution in [1.29, 1.82) is 0 Å². The van der Waals surface area contributed by atoms with E-state index in [4.69, 9.17) is 0 Å². The molecule has 0 saturated carbocycles. The van der Waals surface area contributed by atoms with E-state index >= 15 is 0 Å². The summed E-state index contributed by atoms with van der Waals surface area (Å²) in [4.78, 5) is 12.3. The van der Waals surface area contributed by atoms with E-state index in [1.165, 1.54) is 0 Å². The van der Waals surface area contributed by atoms with Crippen LogP contribution >= 0.6 is 0 Å². The second kappa shape index (κ2) is 5.42. The summed E-state index contributed by atoms with van der Waals surface area (Å²) >= 11 is 0. The summed E-state index contributed by atoms with van der Waals surface area (Å²) in [5.74, 6) is 0.653. The Kier molecular flexibility index (Phi) is 5.22. The second-order valence-corrected chi connectivity index (χ2v) is 2.91. The summed E-state index contributed by atoms with van der Waals surface area (Å²) in [5.41, 5.74) is 0. The zero-order valence-electron chi connectivity index (χ0n) is 7.13. The van der Waals surface area contributed by atoms with Crippen LogP contribution < -0.4 is 0 Å². The fourth-order valence-corrected chi connectivity index (χ4v) is 0.955. The molecule has 0 aromatic rings. The van der Waals surface area contributed by atoms with Crippen molar-refractivity contribution in [2.45, 2.75) is 20.8 Å². The molecule has 0 fully saturated rings. The van der Waals surface area contributed by atoms with Crippen molar-refractivity contribution in [1.82, 2.24) is 4.90 Å². The molecule has 60 valence electrons. The van der Waals surface area contributed by atoms with Gasteiger partial charge in [-0.2, -0.15) is 0 Å². The van der Waals surface area contributed by atoms with Crippen molar-refractivity contribution in [3.8, 4) is 0 Å². The summed E-state index contributed by atoms with van der Waals surface area (Å²) < 4.78 is 0. The van der Waals surface area contributed by atoms with Crippen LogP contribution in [0.3, 0.4) is 0 Å². The molecular weight excluding hydrogens is 126 g/mol. The Morgan fingerprint density at radius 2 is 2.10 bits per heavy atom. The van der Waals surface area contributed by atoms with Gasteiger partial charge in [0, 0.05) is 6.54 Å². The standard InChI is InChI=1S/C8H17NO/c1-4-9(5-6-10)7-8(2)3/h6,8H,4-5,7H2,1-3H3. The van der Waals surface area contributed by atoms with Crippen LogP contribution in [0.5, 0.6) is 0 Å². The van der Waals surface area contributed by atoms with Gasteiger partial charge in [0.15, 0.2) is 0 Å².